The average molecular weight is 453 g/mol. The number of methoxy groups -OCH3 is 3. The van der Waals surface area contributed by atoms with Gasteiger partial charge < -0.3 is 29.0 Å². The molecule has 3 aromatic heterocycles. The topological polar surface area (TPSA) is 86.6 Å². The minimum Gasteiger partial charge on any atom is -0.493 e. The normalized spacial score (nSPS) is 13.5. The number of fused-ring (bicyclic) bond motifs is 1. The largest absolute Gasteiger partial charge is 0.493 e. The van der Waals surface area contributed by atoms with Crippen LogP contribution in [-0.2, 0) is 0 Å². The van der Waals surface area contributed by atoms with Gasteiger partial charge in [0.2, 0.25) is 11.7 Å². The molecule has 0 amide bonds. The fourth-order valence-electron chi connectivity index (χ4n) is 3.86. The Morgan fingerprint density at radius 2 is 1.75 bits per heavy atom. The quantitative estimate of drug-likeness (QED) is 0.445. The number of anilines is 3. The maximum absolute atomic E-state index is 5.47. The molecule has 5 rings (SSSR count). The SMILES string of the molecule is COc1cc(-n2cnc(Nc3nc(N4CCCC4)nc4ccsc34)c2)cc(OC)c1OC. The Morgan fingerprint density at radius 1 is 1.00 bits per heavy atom. The van der Waals surface area contributed by atoms with E-state index in [-0.39, 0.29) is 0 Å². The summed E-state index contributed by atoms with van der Waals surface area (Å²) in [5.41, 5.74) is 1.78. The third kappa shape index (κ3) is 3.66. The van der Waals surface area contributed by atoms with E-state index in [0.717, 1.165) is 40.8 Å². The number of rotatable bonds is 7. The Labute approximate surface area is 189 Å². The summed E-state index contributed by atoms with van der Waals surface area (Å²) in [5, 5.41) is 5.41. The zero-order chi connectivity index (χ0) is 22.1. The number of nitrogens with one attached hydrogen (secondary N) is 1. The van der Waals surface area contributed by atoms with Crippen molar-refractivity contribution in [3.8, 4) is 22.9 Å². The van der Waals surface area contributed by atoms with Crippen LogP contribution in [0.15, 0.2) is 36.1 Å². The number of aromatic nitrogens is 4. The van der Waals surface area contributed by atoms with Crippen molar-refractivity contribution in [1.29, 1.82) is 0 Å². The highest BCUT2D eigenvalue weighted by Gasteiger charge is 2.19. The van der Waals surface area contributed by atoms with Gasteiger partial charge >= 0.3 is 0 Å². The van der Waals surface area contributed by atoms with Crippen molar-refractivity contribution in [2.75, 3.05) is 44.6 Å². The van der Waals surface area contributed by atoms with E-state index in [4.69, 9.17) is 24.2 Å². The number of thiophene rings is 1. The number of hydrogen-bond donors (Lipinski definition) is 1. The van der Waals surface area contributed by atoms with Crippen LogP contribution in [0.2, 0.25) is 0 Å². The summed E-state index contributed by atoms with van der Waals surface area (Å²) in [7, 11) is 4.78. The first kappa shape index (κ1) is 20.4. The maximum Gasteiger partial charge on any atom is 0.227 e. The fraction of sp³-hybridized carbons (Fsp3) is 0.318. The summed E-state index contributed by atoms with van der Waals surface area (Å²) in [5.74, 6) is 3.92. The molecule has 1 aromatic carbocycles. The van der Waals surface area contributed by atoms with Crippen LogP contribution in [0.5, 0.6) is 17.2 Å². The summed E-state index contributed by atoms with van der Waals surface area (Å²) in [6.45, 7) is 1.98. The van der Waals surface area contributed by atoms with E-state index >= 15 is 0 Å². The van der Waals surface area contributed by atoms with Crippen LogP contribution < -0.4 is 24.4 Å². The van der Waals surface area contributed by atoms with Gasteiger partial charge in [-0.25, -0.2) is 9.97 Å². The van der Waals surface area contributed by atoms with E-state index in [9.17, 15) is 0 Å². The van der Waals surface area contributed by atoms with Crippen molar-refractivity contribution in [3.63, 3.8) is 0 Å². The van der Waals surface area contributed by atoms with E-state index in [1.165, 1.54) is 12.8 Å². The molecule has 0 bridgehead atoms. The standard InChI is InChI=1S/C22H24N6O3S/c1-29-16-10-14(11-17(30-2)19(16)31-3)28-12-18(23-13-28)25-21-20-15(6-9-32-20)24-22(26-21)27-7-4-5-8-27/h6,9-13H,4-5,7-8H2,1-3H3,(H,24,25,26). The molecule has 0 saturated carbocycles. The van der Waals surface area contributed by atoms with Crippen molar-refractivity contribution in [1.82, 2.24) is 19.5 Å². The second-order valence-corrected chi connectivity index (χ2v) is 8.29. The molecular formula is C22H24N6O3S. The van der Waals surface area contributed by atoms with Gasteiger partial charge in [-0.1, -0.05) is 0 Å². The smallest absolute Gasteiger partial charge is 0.227 e. The molecule has 0 aliphatic carbocycles. The molecule has 1 aliphatic heterocycles. The molecule has 10 heteroatoms. The Kier molecular flexibility index (Phi) is 5.44. The molecule has 1 aliphatic rings. The molecule has 0 unspecified atom stereocenters. The third-order valence-electron chi connectivity index (χ3n) is 5.46. The molecule has 4 aromatic rings. The molecule has 1 fully saturated rings. The van der Waals surface area contributed by atoms with Crippen LogP contribution in [0.1, 0.15) is 12.8 Å². The van der Waals surface area contributed by atoms with E-state index in [1.54, 1.807) is 39.0 Å². The van der Waals surface area contributed by atoms with Gasteiger partial charge in [0.1, 0.15) is 12.1 Å². The van der Waals surface area contributed by atoms with Gasteiger partial charge in [-0.15, -0.1) is 11.3 Å². The minimum atomic E-state index is 0.549. The van der Waals surface area contributed by atoms with Crippen LogP contribution in [0.4, 0.5) is 17.6 Å². The zero-order valence-corrected chi connectivity index (χ0v) is 19.0. The second kappa shape index (κ2) is 8.54. The number of hydrogen-bond acceptors (Lipinski definition) is 9. The summed E-state index contributed by atoms with van der Waals surface area (Å²) < 4.78 is 19.3. The molecule has 1 N–H and O–H groups in total. The Balaban J connectivity index is 1.47. The van der Waals surface area contributed by atoms with Crippen molar-refractivity contribution in [2.45, 2.75) is 12.8 Å². The van der Waals surface area contributed by atoms with Crippen LogP contribution in [0, 0.1) is 0 Å². The Bertz CT molecular complexity index is 1220. The van der Waals surface area contributed by atoms with Gasteiger partial charge in [-0.3, -0.25) is 0 Å². The Hall–Kier alpha value is -3.53. The predicted octanol–water partition coefficient (Wildman–Crippen LogP) is 4.25. The maximum atomic E-state index is 5.47. The number of imidazole rings is 1. The Morgan fingerprint density at radius 3 is 2.44 bits per heavy atom. The van der Waals surface area contributed by atoms with Crippen molar-refractivity contribution in [2.24, 2.45) is 0 Å². The lowest BCUT2D eigenvalue weighted by atomic mass is 10.2. The number of nitrogens with zero attached hydrogens (tertiary/aromatic N) is 5. The molecule has 1 saturated heterocycles. The summed E-state index contributed by atoms with van der Waals surface area (Å²) in [6.07, 6.45) is 5.98. The van der Waals surface area contributed by atoms with E-state index < -0.39 is 0 Å². The fourth-order valence-corrected chi connectivity index (χ4v) is 4.64. The first-order valence-electron chi connectivity index (χ1n) is 10.3. The van der Waals surface area contributed by atoms with Gasteiger partial charge in [0.05, 0.1) is 43.4 Å². The molecule has 0 spiro atoms. The molecule has 166 valence electrons. The summed E-state index contributed by atoms with van der Waals surface area (Å²) in [6, 6.07) is 5.78. The lowest BCUT2D eigenvalue weighted by molar-refractivity contribution is 0.324. The van der Waals surface area contributed by atoms with Crippen molar-refractivity contribution >= 4 is 39.1 Å². The molecular weight excluding hydrogens is 428 g/mol. The molecule has 32 heavy (non-hydrogen) atoms. The van der Waals surface area contributed by atoms with Gasteiger partial charge in [0.25, 0.3) is 0 Å². The summed E-state index contributed by atoms with van der Waals surface area (Å²) >= 11 is 1.61. The average Bonchev–Trinajstić information content (AvgIpc) is 3.59. The molecule has 0 atom stereocenters. The molecule has 9 nitrogen and oxygen atoms in total. The predicted molar refractivity (Wildman–Crippen MR) is 125 cm³/mol. The highest BCUT2D eigenvalue weighted by atomic mass is 32.1. The van der Waals surface area contributed by atoms with E-state index in [0.29, 0.717) is 23.1 Å². The van der Waals surface area contributed by atoms with Crippen LogP contribution in [0.3, 0.4) is 0 Å². The van der Waals surface area contributed by atoms with Crippen molar-refractivity contribution < 1.29 is 14.2 Å². The van der Waals surface area contributed by atoms with Gasteiger partial charge in [0, 0.05) is 25.2 Å². The van der Waals surface area contributed by atoms with Crippen LogP contribution >= 0.6 is 11.3 Å². The van der Waals surface area contributed by atoms with Gasteiger partial charge in [-0.2, -0.15) is 4.98 Å². The lowest BCUT2D eigenvalue weighted by Gasteiger charge is -2.16. The van der Waals surface area contributed by atoms with Gasteiger partial charge in [-0.05, 0) is 24.3 Å². The lowest BCUT2D eigenvalue weighted by Crippen LogP contribution is -2.20. The van der Waals surface area contributed by atoms with E-state index in [1.807, 2.05) is 34.3 Å². The van der Waals surface area contributed by atoms with Gasteiger partial charge in [0.15, 0.2) is 17.3 Å². The highest BCUT2D eigenvalue weighted by Crippen LogP contribution is 2.39. The zero-order valence-electron chi connectivity index (χ0n) is 18.2. The minimum absolute atomic E-state index is 0.549. The van der Waals surface area contributed by atoms with Crippen LogP contribution in [-0.4, -0.2) is 53.9 Å². The second-order valence-electron chi connectivity index (χ2n) is 7.38. The van der Waals surface area contributed by atoms with Crippen LogP contribution in [0.25, 0.3) is 15.9 Å². The highest BCUT2D eigenvalue weighted by molar-refractivity contribution is 7.17. The van der Waals surface area contributed by atoms with E-state index in [2.05, 4.69) is 15.2 Å². The number of benzene rings is 1. The third-order valence-corrected chi connectivity index (χ3v) is 6.37. The summed E-state index contributed by atoms with van der Waals surface area (Å²) in [4.78, 5) is 16.3. The first-order chi connectivity index (χ1) is 15.7. The first-order valence-corrected chi connectivity index (χ1v) is 11.2. The monoisotopic (exact) mass is 452 g/mol. The molecule has 0 radical (unpaired) electrons. The van der Waals surface area contributed by atoms with Crippen molar-refractivity contribution in [3.05, 3.63) is 36.1 Å². The number of ether oxygens (including phenoxy) is 3. The molecule has 4 heterocycles.